The van der Waals surface area contributed by atoms with E-state index >= 15 is 0 Å². The summed E-state index contributed by atoms with van der Waals surface area (Å²) >= 11 is 8.46. The van der Waals surface area contributed by atoms with Crippen molar-refractivity contribution in [3.63, 3.8) is 0 Å². The lowest BCUT2D eigenvalue weighted by atomic mass is 10.6. The Balaban J connectivity index is 0. The summed E-state index contributed by atoms with van der Waals surface area (Å²) in [6.07, 6.45) is 0.471. The number of thiocarbonyl (C=S) groups is 1. The van der Waals surface area contributed by atoms with Gasteiger partial charge in [-0.2, -0.15) is 8.42 Å². The summed E-state index contributed by atoms with van der Waals surface area (Å²) in [6, 6.07) is 0. The smallest absolute Gasteiger partial charge is 0.264 e. The molecule has 0 saturated carbocycles. The highest BCUT2D eigenvalue weighted by atomic mass is 32.2. The number of hydrogen-bond acceptors (Lipinski definition) is 3. The van der Waals surface area contributed by atoms with E-state index in [9.17, 15) is 8.42 Å². The Morgan fingerprint density at radius 3 is 1.85 bits per heavy atom. The Morgan fingerprint density at radius 2 is 1.85 bits per heavy atom. The molecule has 0 spiro atoms. The molecule has 0 aromatic carbocycles. The quantitative estimate of drug-likeness (QED) is 0.432. The summed E-state index contributed by atoms with van der Waals surface area (Å²) < 4.78 is 28.2. The molecule has 0 fully saturated rings. The second-order valence-electron chi connectivity index (χ2n) is 2.46. The number of hydrogen-bond donors (Lipinski definition) is 2. The number of rotatable bonds is 2. The van der Waals surface area contributed by atoms with E-state index in [-0.39, 0.29) is 5.75 Å². The van der Waals surface area contributed by atoms with Crippen molar-refractivity contribution in [2.24, 2.45) is 0 Å². The maximum atomic E-state index is 9.79. The van der Waals surface area contributed by atoms with E-state index in [0.29, 0.717) is 10.7 Å². The van der Waals surface area contributed by atoms with Gasteiger partial charge >= 0.3 is 0 Å². The molecule has 4 nitrogen and oxygen atoms in total. The molecule has 0 rings (SSSR count). The SMILES string of the molecule is CCCS(=O)(=O)O.CN(C)C(=S)S. The van der Waals surface area contributed by atoms with E-state index in [2.05, 4.69) is 24.8 Å². The largest absolute Gasteiger partial charge is 0.364 e. The van der Waals surface area contributed by atoms with Crippen LogP contribution in [-0.4, -0.2) is 42.0 Å². The van der Waals surface area contributed by atoms with Crippen LogP contribution in [0.5, 0.6) is 0 Å². The topological polar surface area (TPSA) is 57.6 Å². The Bertz CT molecular complexity index is 236. The summed E-state index contributed by atoms with van der Waals surface area (Å²) in [5.41, 5.74) is 0. The van der Waals surface area contributed by atoms with Crippen molar-refractivity contribution >= 4 is 39.3 Å². The lowest BCUT2D eigenvalue weighted by molar-refractivity contribution is 0.482. The Hall–Kier alpha value is 0.150. The Labute approximate surface area is 90.5 Å². The van der Waals surface area contributed by atoms with Crippen molar-refractivity contribution in [2.45, 2.75) is 13.3 Å². The van der Waals surface area contributed by atoms with Gasteiger partial charge < -0.3 is 4.90 Å². The molecule has 0 saturated heterocycles. The van der Waals surface area contributed by atoms with Crippen LogP contribution in [0.1, 0.15) is 13.3 Å². The minimum Gasteiger partial charge on any atom is -0.364 e. The van der Waals surface area contributed by atoms with Gasteiger partial charge in [0.05, 0.1) is 5.75 Å². The molecular formula is C6H15NO3S3. The first-order valence-electron chi connectivity index (χ1n) is 3.56. The molecule has 13 heavy (non-hydrogen) atoms. The molecule has 0 bridgehead atoms. The van der Waals surface area contributed by atoms with Gasteiger partial charge in [0, 0.05) is 14.1 Å². The molecule has 1 N–H and O–H groups in total. The number of nitrogens with zero attached hydrogens (tertiary/aromatic N) is 1. The highest BCUT2D eigenvalue weighted by molar-refractivity contribution is 8.10. The average Bonchev–Trinajstić information content (AvgIpc) is 1.85. The third-order valence-electron chi connectivity index (χ3n) is 0.845. The fourth-order valence-corrected chi connectivity index (χ4v) is 0.774. The third kappa shape index (κ3) is 18.8. The molecule has 0 atom stereocenters. The zero-order chi connectivity index (χ0) is 11.1. The standard InChI is InChI=1S/C3H7NS2.C3H8O3S/c1-4(2)3(5)6;1-2-3-7(4,5)6/h1-2H3,(H,5,6);2-3H2,1H3,(H,4,5,6). The number of thiol groups is 1. The van der Waals surface area contributed by atoms with Crippen LogP contribution < -0.4 is 0 Å². The maximum absolute atomic E-state index is 9.79. The van der Waals surface area contributed by atoms with E-state index < -0.39 is 10.1 Å². The van der Waals surface area contributed by atoms with Crippen LogP contribution in [0.3, 0.4) is 0 Å². The predicted molar refractivity (Wildman–Crippen MR) is 62.0 cm³/mol. The first-order valence-corrected chi connectivity index (χ1v) is 6.02. The molecule has 0 amide bonds. The first-order chi connectivity index (χ1) is 5.70. The summed E-state index contributed by atoms with van der Waals surface area (Å²) in [7, 11) is 0.0388. The van der Waals surface area contributed by atoms with Crippen molar-refractivity contribution in [3.05, 3.63) is 0 Å². The van der Waals surface area contributed by atoms with Gasteiger partial charge in [0.15, 0.2) is 0 Å². The van der Waals surface area contributed by atoms with Crippen LogP contribution >= 0.6 is 24.8 Å². The lowest BCUT2D eigenvalue weighted by Gasteiger charge is -2.05. The van der Waals surface area contributed by atoms with E-state index in [0.717, 1.165) is 0 Å². The molecule has 80 valence electrons. The second-order valence-corrected chi connectivity index (χ2v) is 5.15. The molecule has 0 aromatic heterocycles. The van der Waals surface area contributed by atoms with E-state index in [1.807, 2.05) is 14.1 Å². The Morgan fingerprint density at radius 1 is 1.54 bits per heavy atom. The van der Waals surface area contributed by atoms with Crippen molar-refractivity contribution in [3.8, 4) is 0 Å². The highest BCUT2D eigenvalue weighted by Crippen LogP contribution is 1.84. The predicted octanol–water partition coefficient (Wildman–Crippen LogP) is 1.05. The molecule has 0 aromatic rings. The van der Waals surface area contributed by atoms with Gasteiger partial charge in [-0.15, -0.1) is 12.6 Å². The monoisotopic (exact) mass is 245 g/mol. The summed E-state index contributed by atoms with van der Waals surface area (Å²) in [5, 5.41) is 0. The van der Waals surface area contributed by atoms with Crippen LogP contribution in [0.15, 0.2) is 0 Å². The zero-order valence-corrected chi connectivity index (χ0v) is 10.4. The molecule has 0 aliphatic heterocycles. The van der Waals surface area contributed by atoms with Gasteiger partial charge in [-0.05, 0) is 6.42 Å². The van der Waals surface area contributed by atoms with E-state index in [1.54, 1.807) is 11.8 Å². The molecule has 0 radical (unpaired) electrons. The summed E-state index contributed by atoms with van der Waals surface area (Å²) in [6.45, 7) is 1.69. The van der Waals surface area contributed by atoms with Crippen LogP contribution in [0.25, 0.3) is 0 Å². The van der Waals surface area contributed by atoms with Crippen molar-refractivity contribution in [2.75, 3.05) is 19.8 Å². The van der Waals surface area contributed by atoms with Gasteiger partial charge in [-0.3, -0.25) is 4.55 Å². The highest BCUT2D eigenvalue weighted by Gasteiger charge is 1.98. The Kier molecular flexibility index (Phi) is 9.06. The van der Waals surface area contributed by atoms with E-state index in [4.69, 9.17) is 4.55 Å². The molecule has 0 aliphatic carbocycles. The van der Waals surface area contributed by atoms with Gasteiger partial charge in [0.1, 0.15) is 4.32 Å². The van der Waals surface area contributed by atoms with Gasteiger partial charge in [-0.25, -0.2) is 0 Å². The maximum Gasteiger partial charge on any atom is 0.264 e. The lowest BCUT2D eigenvalue weighted by Crippen LogP contribution is -2.12. The van der Waals surface area contributed by atoms with Crippen molar-refractivity contribution in [1.82, 2.24) is 4.90 Å². The van der Waals surface area contributed by atoms with E-state index in [1.165, 1.54) is 0 Å². The van der Waals surface area contributed by atoms with Crippen LogP contribution in [0, 0.1) is 0 Å². The van der Waals surface area contributed by atoms with Gasteiger partial charge in [0.2, 0.25) is 0 Å². The first kappa shape index (κ1) is 15.6. The molecule has 0 heterocycles. The minimum atomic E-state index is -3.67. The zero-order valence-electron chi connectivity index (χ0n) is 7.89. The normalized spacial score (nSPS) is 9.92. The minimum absolute atomic E-state index is 0.132. The molecule has 7 heteroatoms. The fourth-order valence-electron chi connectivity index (χ4n) is 0.258. The van der Waals surface area contributed by atoms with Crippen molar-refractivity contribution in [1.29, 1.82) is 0 Å². The molecule has 0 unspecified atom stereocenters. The molecular weight excluding hydrogens is 230 g/mol. The van der Waals surface area contributed by atoms with Gasteiger partial charge in [0.25, 0.3) is 10.1 Å². The summed E-state index contributed by atoms with van der Waals surface area (Å²) in [4.78, 5) is 1.76. The van der Waals surface area contributed by atoms with Crippen molar-refractivity contribution < 1.29 is 13.0 Å². The summed E-state index contributed by atoms with van der Waals surface area (Å²) in [5.74, 6) is -0.132. The van der Waals surface area contributed by atoms with Gasteiger partial charge in [-0.1, -0.05) is 19.1 Å². The second kappa shape index (κ2) is 7.54. The van der Waals surface area contributed by atoms with Crippen LogP contribution in [0.2, 0.25) is 0 Å². The third-order valence-corrected chi connectivity index (χ3v) is 2.53. The van der Waals surface area contributed by atoms with Crippen LogP contribution in [-0.2, 0) is 10.1 Å². The average molecular weight is 245 g/mol. The fraction of sp³-hybridized carbons (Fsp3) is 0.833. The van der Waals surface area contributed by atoms with Crippen LogP contribution in [0.4, 0.5) is 0 Å². The molecule has 0 aliphatic rings.